The van der Waals surface area contributed by atoms with Gasteiger partial charge in [0.1, 0.15) is 5.82 Å². The van der Waals surface area contributed by atoms with Gasteiger partial charge in [0.2, 0.25) is 0 Å². The standard InChI is InChI=1S/C12H17BrClFN2/c1-3-7(4-2)12(17-16)8-5-6-9(13)10(14)11(8)15/h5-7,12,17H,3-4,16H2,1-2H3. The van der Waals surface area contributed by atoms with E-state index < -0.39 is 5.82 Å². The van der Waals surface area contributed by atoms with E-state index in [4.69, 9.17) is 17.4 Å². The first-order valence-electron chi connectivity index (χ1n) is 5.66. The minimum Gasteiger partial charge on any atom is -0.271 e. The van der Waals surface area contributed by atoms with Crippen molar-refractivity contribution in [3.8, 4) is 0 Å². The van der Waals surface area contributed by atoms with Crippen molar-refractivity contribution in [2.75, 3.05) is 0 Å². The number of hydrogen-bond acceptors (Lipinski definition) is 2. The zero-order valence-electron chi connectivity index (χ0n) is 9.93. The summed E-state index contributed by atoms with van der Waals surface area (Å²) >= 11 is 9.08. The Hall–Kier alpha value is -0.160. The zero-order valence-corrected chi connectivity index (χ0v) is 12.3. The number of benzene rings is 1. The molecule has 1 atom stereocenters. The predicted octanol–water partition coefficient (Wildman–Crippen LogP) is 4.18. The van der Waals surface area contributed by atoms with Crippen molar-refractivity contribution in [1.82, 2.24) is 5.43 Å². The highest BCUT2D eigenvalue weighted by atomic mass is 79.9. The van der Waals surface area contributed by atoms with E-state index >= 15 is 0 Å². The minimum atomic E-state index is -0.407. The Morgan fingerprint density at radius 2 is 2.00 bits per heavy atom. The maximum absolute atomic E-state index is 14.1. The summed E-state index contributed by atoms with van der Waals surface area (Å²) in [6.45, 7) is 4.13. The van der Waals surface area contributed by atoms with Gasteiger partial charge in [0.05, 0.1) is 11.1 Å². The normalized spacial score (nSPS) is 13.1. The average molecular weight is 324 g/mol. The molecule has 0 aliphatic heterocycles. The molecule has 0 bridgehead atoms. The van der Waals surface area contributed by atoms with Crippen LogP contribution >= 0.6 is 27.5 Å². The van der Waals surface area contributed by atoms with Crippen LogP contribution in [0.3, 0.4) is 0 Å². The molecule has 1 aromatic carbocycles. The average Bonchev–Trinajstić information content (AvgIpc) is 2.34. The molecule has 96 valence electrons. The Bertz CT molecular complexity index is 383. The third kappa shape index (κ3) is 3.19. The number of rotatable bonds is 5. The van der Waals surface area contributed by atoms with Gasteiger partial charge in [0.15, 0.2) is 0 Å². The molecule has 0 saturated heterocycles. The lowest BCUT2D eigenvalue weighted by molar-refractivity contribution is 0.336. The lowest BCUT2D eigenvalue weighted by Gasteiger charge is -2.25. The molecular formula is C12H17BrClFN2. The molecule has 0 aromatic heterocycles. The van der Waals surface area contributed by atoms with Crippen LogP contribution in [0.15, 0.2) is 16.6 Å². The molecule has 2 nitrogen and oxygen atoms in total. The molecule has 1 aromatic rings. The van der Waals surface area contributed by atoms with E-state index in [1.165, 1.54) is 0 Å². The fraction of sp³-hybridized carbons (Fsp3) is 0.500. The Kier molecular flexibility index (Phi) is 5.86. The van der Waals surface area contributed by atoms with Crippen molar-refractivity contribution < 1.29 is 4.39 Å². The van der Waals surface area contributed by atoms with Crippen LogP contribution in [0, 0.1) is 11.7 Å². The number of halogens is 3. The smallest absolute Gasteiger partial charge is 0.147 e. The van der Waals surface area contributed by atoms with E-state index in [9.17, 15) is 4.39 Å². The van der Waals surface area contributed by atoms with Crippen LogP contribution in [0.1, 0.15) is 38.3 Å². The maximum atomic E-state index is 14.1. The van der Waals surface area contributed by atoms with Gasteiger partial charge in [-0.05, 0) is 27.9 Å². The highest BCUT2D eigenvalue weighted by molar-refractivity contribution is 9.10. The summed E-state index contributed by atoms with van der Waals surface area (Å²) in [5, 5.41) is 0.105. The second kappa shape index (κ2) is 6.69. The molecule has 0 fully saturated rings. The van der Waals surface area contributed by atoms with Gasteiger partial charge in [-0.25, -0.2) is 4.39 Å². The Balaban J connectivity index is 3.16. The summed E-state index contributed by atoms with van der Waals surface area (Å²) in [5.41, 5.74) is 3.22. The Morgan fingerprint density at radius 1 is 1.41 bits per heavy atom. The zero-order chi connectivity index (χ0) is 13.0. The number of hydrogen-bond donors (Lipinski definition) is 2. The van der Waals surface area contributed by atoms with Gasteiger partial charge in [0.25, 0.3) is 0 Å². The monoisotopic (exact) mass is 322 g/mol. The summed E-state index contributed by atoms with van der Waals surface area (Å²) in [4.78, 5) is 0. The predicted molar refractivity (Wildman–Crippen MR) is 73.2 cm³/mol. The first-order valence-corrected chi connectivity index (χ1v) is 6.83. The van der Waals surface area contributed by atoms with Crippen molar-refractivity contribution in [3.05, 3.63) is 33.0 Å². The second-order valence-electron chi connectivity index (χ2n) is 3.99. The van der Waals surface area contributed by atoms with E-state index in [2.05, 4.69) is 35.2 Å². The molecule has 0 spiro atoms. The van der Waals surface area contributed by atoms with Gasteiger partial charge in [-0.2, -0.15) is 0 Å². The van der Waals surface area contributed by atoms with Crippen molar-refractivity contribution in [1.29, 1.82) is 0 Å². The van der Waals surface area contributed by atoms with E-state index in [0.29, 0.717) is 10.0 Å². The molecule has 1 rings (SSSR count). The van der Waals surface area contributed by atoms with Gasteiger partial charge in [-0.1, -0.05) is 44.4 Å². The van der Waals surface area contributed by atoms with E-state index in [1.54, 1.807) is 12.1 Å². The summed E-state index contributed by atoms with van der Waals surface area (Å²) in [6.07, 6.45) is 1.86. The number of nitrogens with one attached hydrogen (secondary N) is 1. The molecule has 0 amide bonds. The molecule has 3 N–H and O–H groups in total. The van der Waals surface area contributed by atoms with Crippen LogP contribution < -0.4 is 11.3 Å². The second-order valence-corrected chi connectivity index (χ2v) is 5.22. The van der Waals surface area contributed by atoms with E-state index in [-0.39, 0.29) is 17.0 Å². The lowest BCUT2D eigenvalue weighted by atomic mass is 9.89. The topological polar surface area (TPSA) is 38.0 Å². The van der Waals surface area contributed by atoms with Crippen LogP contribution in [0.5, 0.6) is 0 Å². The SMILES string of the molecule is CCC(CC)C(NN)c1ccc(Br)c(Cl)c1F. The largest absolute Gasteiger partial charge is 0.271 e. The van der Waals surface area contributed by atoms with Crippen LogP contribution in [0.25, 0.3) is 0 Å². The molecule has 0 heterocycles. The fourth-order valence-corrected chi connectivity index (χ4v) is 2.50. The van der Waals surface area contributed by atoms with Crippen LogP contribution in [0.4, 0.5) is 4.39 Å². The van der Waals surface area contributed by atoms with Crippen molar-refractivity contribution >= 4 is 27.5 Å². The van der Waals surface area contributed by atoms with Crippen LogP contribution in [-0.2, 0) is 0 Å². The van der Waals surface area contributed by atoms with Crippen LogP contribution in [0.2, 0.25) is 5.02 Å². The van der Waals surface area contributed by atoms with E-state index in [1.807, 2.05) is 0 Å². The highest BCUT2D eigenvalue weighted by Crippen LogP contribution is 2.34. The molecular weight excluding hydrogens is 307 g/mol. The van der Waals surface area contributed by atoms with Crippen molar-refractivity contribution in [2.45, 2.75) is 32.7 Å². The molecule has 0 aliphatic carbocycles. The molecule has 5 heteroatoms. The molecule has 0 saturated carbocycles. The summed E-state index contributed by atoms with van der Waals surface area (Å²) in [7, 11) is 0. The molecule has 0 aliphatic rings. The summed E-state index contributed by atoms with van der Waals surface area (Å²) < 4.78 is 14.6. The molecule has 17 heavy (non-hydrogen) atoms. The third-order valence-corrected chi connectivity index (χ3v) is 4.36. The first-order chi connectivity index (χ1) is 8.06. The summed E-state index contributed by atoms with van der Waals surface area (Å²) in [5.74, 6) is 5.42. The third-order valence-electron chi connectivity index (χ3n) is 3.10. The maximum Gasteiger partial charge on any atom is 0.147 e. The van der Waals surface area contributed by atoms with Gasteiger partial charge < -0.3 is 0 Å². The van der Waals surface area contributed by atoms with Crippen LogP contribution in [-0.4, -0.2) is 0 Å². The fourth-order valence-electron chi connectivity index (χ4n) is 2.02. The van der Waals surface area contributed by atoms with Gasteiger partial charge in [0, 0.05) is 10.0 Å². The number of hydrazine groups is 1. The quantitative estimate of drug-likeness (QED) is 0.484. The lowest BCUT2D eigenvalue weighted by Crippen LogP contribution is -2.34. The Labute approximate surface area is 115 Å². The van der Waals surface area contributed by atoms with E-state index in [0.717, 1.165) is 12.8 Å². The van der Waals surface area contributed by atoms with Gasteiger partial charge in [-0.15, -0.1) is 0 Å². The van der Waals surface area contributed by atoms with Gasteiger partial charge >= 0.3 is 0 Å². The molecule has 1 unspecified atom stereocenters. The first kappa shape index (κ1) is 14.9. The summed E-state index contributed by atoms with van der Waals surface area (Å²) in [6, 6.07) is 3.25. The number of nitrogens with two attached hydrogens (primary N) is 1. The molecule has 0 radical (unpaired) electrons. The highest BCUT2D eigenvalue weighted by Gasteiger charge is 2.23. The van der Waals surface area contributed by atoms with Gasteiger partial charge in [-0.3, -0.25) is 11.3 Å². The Morgan fingerprint density at radius 3 is 2.47 bits per heavy atom. The van der Waals surface area contributed by atoms with Crippen molar-refractivity contribution in [3.63, 3.8) is 0 Å². The van der Waals surface area contributed by atoms with Crippen molar-refractivity contribution in [2.24, 2.45) is 11.8 Å². The minimum absolute atomic E-state index is 0.105.